The molecule has 0 aliphatic carbocycles. The molecule has 0 unspecified atom stereocenters. The van der Waals surface area contributed by atoms with E-state index in [0.29, 0.717) is 24.5 Å². The molecular formula is C22H27ClN2O2. The summed E-state index contributed by atoms with van der Waals surface area (Å²) in [6, 6.07) is 15.4. The lowest BCUT2D eigenvalue weighted by Gasteiger charge is -2.26. The molecule has 1 aliphatic rings. The van der Waals surface area contributed by atoms with Crippen LogP contribution >= 0.6 is 11.6 Å². The maximum atomic E-state index is 12.1. The molecule has 1 amide bonds. The molecule has 1 saturated heterocycles. The molecule has 1 aliphatic heterocycles. The first kappa shape index (κ1) is 19.7. The summed E-state index contributed by atoms with van der Waals surface area (Å²) in [6.45, 7) is 3.88. The summed E-state index contributed by atoms with van der Waals surface area (Å²) in [6.07, 6.45) is 5.06. The van der Waals surface area contributed by atoms with Crippen molar-refractivity contribution in [2.75, 3.05) is 25.0 Å². The van der Waals surface area contributed by atoms with Crippen molar-refractivity contribution in [1.29, 1.82) is 0 Å². The Labute approximate surface area is 166 Å². The number of carbonyl (C=O) groups is 1. The molecule has 2 aromatic rings. The lowest BCUT2D eigenvalue weighted by atomic mass is 10.1. The number of anilines is 1. The summed E-state index contributed by atoms with van der Waals surface area (Å²) in [5.74, 6) is 0.780. The van der Waals surface area contributed by atoms with Crippen molar-refractivity contribution < 1.29 is 9.53 Å². The van der Waals surface area contributed by atoms with E-state index in [4.69, 9.17) is 16.3 Å². The summed E-state index contributed by atoms with van der Waals surface area (Å²) in [7, 11) is 0. The van der Waals surface area contributed by atoms with Gasteiger partial charge in [0.2, 0.25) is 5.91 Å². The minimum Gasteiger partial charge on any atom is -0.494 e. The Hall–Kier alpha value is -2.04. The van der Waals surface area contributed by atoms with Crippen molar-refractivity contribution in [2.45, 2.75) is 38.6 Å². The van der Waals surface area contributed by atoms with Gasteiger partial charge in [0.05, 0.1) is 6.61 Å². The van der Waals surface area contributed by atoms with E-state index in [1.54, 1.807) is 12.1 Å². The van der Waals surface area contributed by atoms with Crippen LogP contribution in [-0.2, 0) is 11.3 Å². The van der Waals surface area contributed by atoms with E-state index in [2.05, 4.69) is 22.3 Å². The summed E-state index contributed by atoms with van der Waals surface area (Å²) in [5.41, 5.74) is 2.15. The van der Waals surface area contributed by atoms with Gasteiger partial charge in [-0.2, -0.15) is 0 Å². The second kappa shape index (κ2) is 10.3. The molecule has 0 atom stereocenters. The van der Waals surface area contributed by atoms with Gasteiger partial charge in [0.15, 0.2) is 0 Å². The smallest absolute Gasteiger partial charge is 0.224 e. The fourth-order valence-electron chi connectivity index (χ4n) is 3.25. The van der Waals surface area contributed by atoms with Crippen LogP contribution in [0.2, 0.25) is 5.02 Å². The Morgan fingerprint density at radius 1 is 1.00 bits per heavy atom. The summed E-state index contributed by atoms with van der Waals surface area (Å²) >= 11 is 5.84. The Morgan fingerprint density at radius 3 is 2.41 bits per heavy atom. The summed E-state index contributed by atoms with van der Waals surface area (Å²) in [5, 5.41) is 3.64. The Kier molecular flexibility index (Phi) is 7.55. The molecule has 1 heterocycles. The standard InChI is InChI=1S/C22H27ClN2O2/c23-19-8-12-21(13-9-19)27-16-4-5-22(26)24-20-10-6-18(7-11-20)17-25-14-2-1-3-15-25/h6-13H,1-5,14-17H2,(H,24,26). The first-order valence-electron chi connectivity index (χ1n) is 9.68. The Balaban J connectivity index is 1.35. The van der Waals surface area contributed by atoms with Gasteiger partial charge in [0.25, 0.3) is 0 Å². The SMILES string of the molecule is O=C(CCCOc1ccc(Cl)cc1)Nc1ccc(CN2CCCCC2)cc1. The van der Waals surface area contributed by atoms with Crippen LogP contribution in [0.1, 0.15) is 37.7 Å². The number of carbonyl (C=O) groups excluding carboxylic acids is 1. The normalized spacial score (nSPS) is 14.7. The van der Waals surface area contributed by atoms with E-state index in [1.807, 2.05) is 24.3 Å². The second-order valence-electron chi connectivity index (χ2n) is 6.99. The lowest BCUT2D eigenvalue weighted by Crippen LogP contribution is -2.29. The number of hydrogen-bond donors (Lipinski definition) is 1. The highest BCUT2D eigenvalue weighted by molar-refractivity contribution is 6.30. The van der Waals surface area contributed by atoms with Crippen molar-refractivity contribution in [3.05, 3.63) is 59.1 Å². The Bertz CT molecular complexity index is 710. The van der Waals surface area contributed by atoms with Gasteiger partial charge in [0.1, 0.15) is 5.75 Å². The van der Waals surface area contributed by atoms with Crippen LogP contribution < -0.4 is 10.1 Å². The first-order valence-corrected chi connectivity index (χ1v) is 10.1. The molecule has 0 bridgehead atoms. The van der Waals surface area contributed by atoms with Crippen LogP contribution in [0.15, 0.2) is 48.5 Å². The molecule has 4 nitrogen and oxygen atoms in total. The Morgan fingerprint density at radius 2 is 1.70 bits per heavy atom. The van der Waals surface area contributed by atoms with Gasteiger partial charge >= 0.3 is 0 Å². The average Bonchev–Trinajstić information content (AvgIpc) is 2.69. The van der Waals surface area contributed by atoms with Crippen molar-refractivity contribution in [3.63, 3.8) is 0 Å². The van der Waals surface area contributed by atoms with Gasteiger partial charge in [-0.1, -0.05) is 30.2 Å². The van der Waals surface area contributed by atoms with Gasteiger partial charge in [-0.15, -0.1) is 0 Å². The van der Waals surface area contributed by atoms with Gasteiger partial charge in [0, 0.05) is 23.7 Å². The summed E-state index contributed by atoms with van der Waals surface area (Å²) in [4.78, 5) is 14.6. The van der Waals surface area contributed by atoms with Crippen LogP contribution in [0.5, 0.6) is 5.75 Å². The molecular weight excluding hydrogens is 360 g/mol. The van der Waals surface area contributed by atoms with Crippen LogP contribution in [0, 0.1) is 0 Å². The molecule has 0 radical (unpaired) electrons. The quantitative estimate of drug-likeness (QED) is 0.640. The zero-order valence-electron chi connectivity index (χ0n) is 15.6. The molecule has 5 heteroatoms. The van der Waals surface area contributed by atoms with Gasteiger partial charge in [-0.05, 0) is 74.3 Å². The van der Waals surface area contributed by atoms with E-state index in [1.165, 1.54) is 37.9 Å². The number of benzene rings is 2. The molecule has 0 aromatic heterocycles. The average molecular weight is 387 g/mol. The highest BCUT2D eigenvalue weighted by Gasteiger charge is 2.10. The van der Waals surface area contributed by atoms with E-state index in [0.717, 1.165) is 18.0 Å². The van der Waals surface area contributed by atoms with E-state index in [-0.39, 0.29) is 5.91 Å². The molecule has 144 valence electrons. The van der Waals surface area contributed by atoms with Crippen LogP contribution in [0.25, 0.3) is 0 Å². The number of amides is 1. The number of likely N-dealkylation sites (tertiary alicyclic amines) is 1. The van der Waals surface area contributed by atoms with Crippen molar-refractivity contribution >= 4 is 23.2 Å². The highest BCUT2D eigenvalue weighted by Crippen LogP contribution is 2.17. The number of ether oxygens (including phenoxy) is 1. The van der Waals surface area contributed by atoms with Crippen molar-refractivity contribution in [1.82, 2.24) is 4.90 Å². The molecule has 27 heavy (non-hydrogen) atoms. The number of hydrogen-bond acceptors (Lipinski definition) is 3. The molecule has 1 N–H and O–H groups in total. The van der Waals surface area contributed by atoms with Gasteiger partial charge in [-0.3, -0.25) is 9.69 Å². The number of nitrogens with one attached hydrogen (secondary N) is 1. The summed E-state index contributed by atoms with van der Waals surface area (Å²) < 4.78 is 5.61. The van der Waals surface area contributed by atoms with E-state index < -0.39 is 0 Å². The van der Waals surface area contributed by atoms with E-state index >= 15 is 0 Å². The van der Waals surface area contributed by atoms with Crippen LogP contribution in [-0.4, -0.2) is 30.5 Å². The number of piperidine rings is 1. The highest BCUT2D eigenvalue weighted by atomic mass is 35.5. The second-order valence-corrected chi connectivity index (χ2v) is 7.42. The molecule has 0 saturated carbocycles. The molecule has 1 fully saturated rings. The third-order valence-corrected chi connectivity index (χ3v) is 4.98. The third kappa shape index (κ3) is 6.89. The monoisotopic (exact) mass is 386 g/mol. The van der Waals surface area contributed by atoms with Gasteiger partial charge < -0.3 is 10.1 Å². The zero-order chi connectivity index (χ0) is 18.9. The van der Waals surface area contributed by atoms with Crippen molar-refractivity contribution in [3.8, 4) is 5.75 Å². The van der Waals surface area contributed by atoms with Crippen molar-refractivity contribution in [2.24, 2.45) is 0 Å². The molecule has 0 spiro atoms. The predicted molar refractivity (Wildman–Crippen MR) is 110 cm³/mol. The molecule has 2 aromatic carbocycles. The van der Waals surface area contributed by atoms with Crippen LogP contribution in [0.3, 0.4) is 0 Å². The first-order chi connectivity index (χ1) is 13.2. The fraction of sp³-hybridized carbons (Fsp3) is 0.409. The third-order valence-electron chi connectivity index (χ3n) is 4.72. The fourth-order valence-corrected chi connectivity index (χ4v) is 3.37. The van der Waals surface area contributed by atoms with Gasteiger partial charge in [-0.25, -0.2) is 0 Å². The largest absolute Gasteiger partial charge is 0.494 e. The minimum absolute atomic E-state index is 0.0125. The topological polar surface area (TPSA) is 41.6 Å². The zero-order valence-corrected chi connectivity index (χ0v) is 16.4. The number of halogens is 1. The molecule has 3 rings (SSSR count). The number of rotatable bonds is 8. The number of nitrogens with zero attached hydrogens (tertiary/aromatic N) is 1. The predicted octanol–water partition coefficient (Wildman–Crippen LogP) is 5.12. The maximum Gasteiger partial charge on any atom is 0.224 e. The van der Waals surface area contributed by atoms with Crippen LogP contribution in [0.4, 0.5) is 5.69 Å². The van der Waals surface area contributed by atoms with E-state index in [9.17, 15) is 4.79 Å². The lowest BCUT2D eigenvalue weighted by molar-refractivity contribution is -0.116. The minimum atomic E-state index is 0.0125. The maximum absolute atomic E-state index is 12.1.